The van der Waals surface area contributed by atoms with Crippen molar-refractivity contribution in [2.24, 2.45) is 0 Å². The summed E-state index contributed by atoms with van der Waals surface area (Å²) in [7, 11) is 2.03. The second-order valence-electron chi connectivity index (χ2n) is 7.47. The van der Waals surface area contributed by atoms with E-state index in [1.165, 1.54) is 22.4 Å². The highest BCUT2D eigenvalue weighted by Gasteiger charge is 2.23. The van der Waals surface area contributed by atoms with Crippen LogP contribution in [0, 0.1) is 11.3 Å². The molecule has 3 aromatic rings. The van der Waals surface area contributed by atoms with Crippen molar-refractivity contribution in [2.75, 3.05) is 7.05 Å². The van der Waals surface area contributed by atoms with Crippen molar-refractivity contribution in [2.45, 2.75) is 51.7 Å². The molecule has 4 rings (SSSR count). The number of hydrogen-bond acceptors (Lipinski definition) is 5. The van der Waals surface area contributed by atoms with Crippen LogP contribution < -0.4 is 5.56 Å². The first-order valence-corrected chi connectivity index (χ1v) is 10.6. The molecule has 0 aliphatic heterocycles. The lowest BCUT2D eigenvalue weighted by Gasteiger charge is -2.25. The first-order valence-electron chi connectivity index (χ1n) is 9.76. The zero-order chi connectivity index (χ0) is 19.7. The normalized spacial score (nSPS) is 14.8. The number of nitriles is 1. The van der Waals surface area contributed by atoms with Crippen molar-refractivity contribution in [3.05, 3.63) is 62.5 Å². The smallest absolute Gasteiger partial charge is 0.263 e. The van der Waals surface area contributed by atoms with Gasteiger partial charge in [-0.05, 0) is 50.8 Å². The molecule has 2 heterocycles. The Balaban J connectivity index is 1.75. The second kappa shape index (κ2) is 7.86. The number of benzene rings is 1. The number of hydrogen-bond donors (Lipinski definition) is 0. The van der Waals surface area contributed by atoms with Crippen LogP contribution in [-0.2, 0) is 25.9 Å². The van der Waals surface area contributed by atoms with E-state index in [1.54, 1.807) is 15.9 Å². The van der Waals surface area contributed by atoms with Gasteiger partial charge in [-0.1, -0.05) is 30.3 Å². The molecule has 28 heavy (non-hydrogen) atoms. The lowest BCUT2D eigenvalue weighted by molar-refractivity contribution is 0.243. The van der Waals surface area contributed by atoms with Crippen molar-refractivity contribution >= 4 is 21.6 Å². The Morgan fingerprint density at radius 3 is 2.79 bits per heavy atom. The third-order valence-corrected chi connectivity index (χ3v) is 6.90. The summed E-state index contributed by atoms with van der Waals surface area (Å²) in [6, 6.07) is 12.6. The minimum absolute atomic E-state index is 0.0370. The molecule has 5 nitrogen and oxygen atoms in total. The van der Waals surface area contributed by atoms with Crippen LogP contribution in [-0.4, -0.2) is 21.5 Å². The summed E-state index contributed by atoms with van der Waals surface area (Å²) >= 11 is 1.66. The van der Waals surface area contributed by atoms with Gasteiger partial charge in [0.15, 0.2) is 0 Å². The second-order valence-corrected chi connectivity index (χ2v) is 8.55. The van der Waals surface area contributed by atoms with Crippen molar-refractivity contribution in [1.82, 2.24) is 14.5 Å². The highest BCUT2D eigenvalue weighted by molar-refractivity contribution is 7.18. The highest BCUT2D eigenvalue weighted by Crippen LogP contribution is 2.34. The molecule has 0 saturated carbocycles. The number of fused-ring (bicyclic) bond motifs is 3. The zero-order valence-corrected chi connectivity index (χ0v) is 17.1. The van der Waals surface area contributed by atoms with Crippen LogP contribution in [0.2, 0.25) is 0 Å². The van der Waals surface area contributed by atoms with Crippen LogP contribution in [0.3, 0.4) is 0 Å². The van der Waals surface area contributed by atoms with Gasteiger partial charge < -0.3 is 0 Å². The van der Waals surface area contributed by atoms with Gasteiger partial charge in [0.2, 0.25) is 0 Å². The molecular weight excluding hydrogens is 368 g/mol. The van der Waals surface area contributed by atoms with E-state index in [0.717, 1.165) is 29.5 Å². The number of aromatic nitrogens is 2. The summed E-state index contributed by atoms with van der Waals surface area (Å²) in [5, 5.41) is 10.1. The summed E-state index contributed by atoms with van der Waals surface area (Å²) in [4.78, 5) is 22.4. The molecule has 6 heteroatoms. The van der Waals surface area contributed by atoms with Gasteiger partial charge in [-0.2, -0.15) is 5.26 Å². The summed E-state index contributed by atoms with van der Waals surface area (Å²) < 4.78 is 1.57. The van der Waals surface area contributed by atoms with Gasteiger partial charge in [-0.25, -0.2) is 4.98 Å². The maximum Gasteiger partial charge on any atom is 0.263 e. The molecule has 1 aliphatic carbocycles. The third-order valence-electron chi connectivity index (χ3n) is 5.72. The molecular formula is C22H24N4OS. The van der Waals surface area contributed by atoms with Crippen LogP contribution >= 0.6 is 11.3 Å². The molecule has 0 spiro atoms. The van der Waals surface area contributed by atoms with E-state index in [-0.39, 0.29) is 18.1 Å². The Morgan fingerprint density at radius 1 is 1.29 bits per heavy atom. The Hall–Kier alpha value is -2.49. The fourth-order valence-electron chi connectivity index (χ4n) is 3.98. The number of rotatable bonds is 5. The molecule has 0 amide bonds. The molecule has 0 N–H and O–H groups in total. The molecule has 0 saturated heterocycles. The summed E-state index contributed by atoms with van der Waals surface area (Å²) in [5.74, 6) is 0.669. The Bertz CT molecular complexity index is 1090. The standard InChI is InChI=1S/C22H24N4OS/c1-15(16-8-4-3-5-9-16)25(2)14-19-24-21-20(22(27)26(19)13-12-23)17-10-6-7-11-18(17)28-21/h3-5,8-9,15H,6-7,10-11,13-14H2,1-2H3. The van der Waals surface area contributed by atoms with Gasteiger partial charge in [0.25, 0.3) is 5.56 Å². The topological polar surface area (TPSA) is 61.9 Å². The summed E-state index contributed by atoms with van der Waals surface area (Å²) in [5.41, 5.74) is 2.33. The number of thiophene rings is 1. The van der Waals surface area contributed by atoms with Crippen LogP contribution in [0.5, 0.6) is 0 Å². The van der Waals surface area contributed by atoms with Gasteiger partial charge in [0, 0.05) is 10.9 Å². The third kappa shape index (κ3) is 3.36. The SMILES string of the molecule is CC(c1ccccc1)N(C)Cc1nc2sc3c(c2c(=O)n1CC#N)CCCC3. The van der Waals surface area contributed by atoms with Crippen LogP contribution in [0.15, 0.2) is 35.1 Å². The van der Waals surface area contributed by atoms with Crippen molar-refractivity contribution in [1.29, 1.82) is 5.26 Å². The van der Waals surface area contributed by atoms with Crippen molar-refractivity contribution in [3.8, 4) is 6.07 Å². The molecule has 1 unspecified atom stereocenters. The van der Waals surface area contributed by atoms with Gasteiger partial charge in [0.1, 0.15) is 17.2 Å². The first kappa shape index (κ1) is 18.9. The fourth-order valence-corrected chi connectivity index (χ4v) is 5.25. The van der Waals surface area contributed by atoms with Gasteiger partial charge in [0.05, 0.1) is 18.0 Å². The summed E-state index contributed by atoms with van der Waals surface area (Å²) in [6.45, 7) is 2.70. The highest BCUT2D eigenvalue weighted by atomic mass is 32.1. The average molecular weight is 393 g/mol. The minimum atomic E-state index is -0.0540. The van der Waals surface area contributed by atoms with Crippen molar-refractivity contribution < 1.29 is 0 Å². The maximum atomic E-state index is 13.3. The molecule has 2 aromatic heterocycles. The average Bonchev–Trinajstić information content (AvgIpc) is 3.09. The maximum absolute atomic E-state index is 13.3. The largest absolute Gasteiger partial charge is 0.292 e. The summed E-state index contributed by atoms with van der Waals surface area (Å²) in [6.07, 6.45) is 4.28. The Labute approximate surface area is 168 Å². The lowest BCUT2D eigenvalue weighted by Crippen LogP contribution is -2.30. The fraction of sp³-hybridized carbons (Fsp3) is 0.409. The molecule has 1 aromatic carbocycles. The molecule has 0 bridgehead atoms. The molecule has 0 radical (unpaired) electrons. The van der Waals surface area contributed by atoms with E-state index < -0.39 is 0 Å². The van der Waals surface area contributed by atoms with Crippen LogP contribution in [0.1, 0.15) is 47.6 Å². The van der Waals surface area contributed by atoms with E-state index >= 15 is 0 Å². The molecule has 1 atom stereocenters. The van der Waals surface area contributed by atoms with E-state index in [9.17, 15) is 10.1 Å². The van der Waals surface area contributed by atoms with Gasteiger partial charge in [-0.3, -0.25) is 14.3 Å². The molecule has 0 fully saturated rings. The molecule has 144 valence electrons. The van der Waals surface area contributed by atoms with Gasteiger partial charge in [-0.15, -0.1) is 11.3 Å². The van der Waals surface area contributed by atoms with Crippen LogP contribution in [0.25, 0.3) is 10.2 Å². The monoisotopic (exact) mass is 392 g/mol. The predicted molar refractivity (Wildman–Crippen MR) is 112 cm³/mol. The lowest BCUT2D eigenvalue weighted by atomic mass is 9.97. The Morgan fingerprint density at radius 2 is 2.04 bits per heavy atom. The number of nitrogens with zero attached hydrogens (tertiary/aromatic N) is 4. The molecule has 1 aliphatic rings. The first-order chi connectivity index (χ1) is 13.6. The van der Waals surface area contributed by atoms with E-state index in [1.807, 2.05) is 25.2 Å². The van der Waals surface area contributed by atoms with Crippen LogP contribution in [0.4, 0.5) is 0 Å². The predicted octanol–water partition coefficient (Wildman–Crippen LogP) is 4.05. The minimum Gasteiger partial charge on any atom is -0.292 e. The number of aryl methyl sites for hydroxylation is 2. The van der Waals surface area contributed by atoms with Gasteiger partial charge >= 0.3 is 0 Å². The van der Waals surface area contributed by atoms with Crippen molar-refractivity contribution in [3.63, 3.8) is 0 Å². The Kier molecular flexibility index (Phi) is 5.29. The zero-order valence-electron chi connectivity index (χ0n) is 16.3. The van der Waals surface area contributed by atoms with E-state index in [4.69, 9.17) is 4.98 Å². The quantitative estimate of drug-likeness (QED) is 0.657. The van der Waals surface area contributed by atoms with E-state index in [0.29, 0.717) is 12.4 Å². The van der Waals surface area contributed by atoms with E-state index in [2.05, 4.69) is 30.0 Å².